The molecule has 0 aliphatic heterocycles. The minimum Gasteiger partial charge on any atom is -0.456 e. The first-order valence-corrected chi connectivity index (χ1v) is 6.16. The van der Waals surface area contributed by atoms with Crippen molar-refractivity contribution in [2.24, 2.45) is 5.73 Å². The third kappa shape index (κ3) is 3.77. The number of ether oxygens (including phenoxy) is 2. The second-order valence-corrected chi connectivity index (χ2v) is 4.39. The quantitative estimate of drug-likeness (QED) is 0.895. The van der Waals surface area contributed by atoms with E-state index in [-0.39, 0.29) is 6.04 Å². The van der Waals surface area contributed by atoms with Gasteiger partial charge in [0, 0.05) is 13.2 Å². The molecule has 0 saturated heterocycles. The van der Waals surface area contributed by atoms with Crippen molar-refractivity contribution in [1.82, 2.24) is 4.98 Å². The summed E-state index contributed by atoms with van der Waals surface area (Å²) in [5.41, 5.74) is 7.67. The molecule has 0 aliphatic rings. The molecule has 0 saturated carbocycles. The summed E-state index contributed by atoms with van der Waals surface area (Å²) in [6, 6.07) is 11.5. The van der Waals surface area contributed by atoms with Gasteiger partial charge in [-0.3, -0.25) is 4.98 Å². The third-order valence-corrected chi connectivity index (χ3v) is 2.67. The summed E-state index contributed by atoms with van der Waals surface area (Å²) in [4.78, 5) is 4.26. The van der Waals surface area contributed by atoms with E-state index in [0.717, 1.165) is 17.0 Å². The lowest BCUT2D eigenvalue weighted by atomic mass is 10.2. The molecule has 4 nitrogen and oxygen atoms in total. The molecule has 4 heteroatoms. The maximum Gasteiger partial charge on any atom is 0.145 e. The number of nitrogens with zero attached hydrogens (tertiary/aromatic N) is 1. The van der Waals surface area contributed by atoms with Gasteiger partial charge >= 0.3 is 0 Å². The highest BCUT2D eigenvalue weighted by Crippen LogP contribution is 2.22. The molecule has 0 amide bonds. The maximum absolute atomic E-state index is 5.75. The Balaban J connectivity index is 2.10. The molecule has 0 fully saturated rings. The summed E-state index contributed by atoms with van der Waals surface area (Å²) in [7, 11) is 1.67. The van der Waals surface area contributed by atoms with E-state index in [4.69, 9.17) is 15.2 Å². The minimum absolute atomic E-state index is 0.0703. The van der Waals surface area contributed by atoms with Gasteiger partial charge in [0.15, 0.2) is 0 Å². The van der Waals surface area contributed by atoms with E-state index >= 15 is 0 Å². The number of aromatic nitrogens is 1. The lowest BCUT2D eigenvalue weighted by molar-refractivity contribution is 0.184. The summed E-state index contributed by atoms with van der Waals surface area (Å²) < 4.78 is 10.8. The number of hydrogen-bond acceptors (Lipinski definition) is 4. The first-order chi connectivity index (χ1) is 9.19. The van der Waals surface area contributed by atoms with Gasteiger partial charge in [-0.15, -0.1) is 0 Å². The molecule has 0 spiro atoms. The summed E-state index contributed by atoms with van der Waals surface area (Å²) >= 11 is 0. The van der Waals surface area contributed by atoms with Crippen molar-refractivity contribution in [2.45, 2.75) is 19.6 Å². The lowest BCUT2D eigenvalue weighted by Crippen LogP contribution is -2.06. The highest BCUT2D eigenvalue weighted by molar-refractivity contribution is 5.33. The third-order valence-electron chi connectivity index (χ3n) is 2.67. The summed E-state index contributed by atoms with van der Waals surface area (Å²) in [6.45, 7) is 2.47. The summed E-state index contributed by atoms with van der Waals surface area (Å²) in [5, 5.41) is 0. The van der Waals surface area contributed by atoms with Gasteiger partial charge in [-0.2, -0.15) is 0 Å². The van der Waals surface area contributed by atoms with Gasteiger partial charge in [-0.25, -0.2) is 0 Å². The van der Waals surface area contributed by atoms with Gasteiger partial charge in [-0.1, -0.05) is 12.1 Å². The highest BCUT2D eigenvalue weighted by Gasteiger charge is 2.03. The van der Waals surface area contributed by atoms with Crippen LogP contribution in [0.1, 0.15) is 24.2 Å². The first-order valence-electron chi connectivity index (χ1n) is 6.16. The Kier molecular flexibility index (Phi) is 4.49. The van der Waals surface area contributed by atoms with Gasteiger partial charge in [0.05, 0.1) is 18.5 Å². The van der Waals surface area contributed by atoms with Crippen LogP contribution in [0.4, 0.5) is 0 Å². The smallest absolute Gasteiger partial charge is 0.145 e. The normalized spacial score (nSPS) is 12.2. The zero-order chi connectivity index (χ0) is 13.7. The van der Waals surface area contributed by atoms with Crippen LogP contribution in [0.2, 0.25) is 0 Å². The van der Waals surface area contributed by atoms with E-state index in [9.17, 15) is 0 Å². The zero-order valence-corrected chi connectivity index (χ0v) is 11.2. The molecular weight excluding hydrogens is 240 g/mol. The Labute approximate surface area is 113 Å². The van der Waals surface area contributed by atoms with Crippen molar-refractivity contribution in [3.05, 3.63) is 53.9 Å². The average Bonchev–Trinajstić information content (AvgIpc) is 2.40. The molecule has 100 valence electrons. The van der Waals surface area contributed by atoms with Crippen LogP contribution in [0, 0.1) is 0 Å². The topological polar surface area (TPSA) is 57.4 Å². The molecule has 19 heavy (non-hydrogen) atoms. The maximum atomic E-state index is 5.75. The van der Waals surface area contributed by atoms with E-state index in [2.05, 4.69) is 4.98 Å². The van der Waals surface area contributed by atoms with Crippen LogP contribution in [0.3, 0.4) is 0 Å². The second-order valence-electron chi connectivity index (χ2n) is 4.39. The fourth-order valence-corrected chi connectivity index (χ4v) is 1.72. The molecule has 1 aromatic carbocycles. The van der Waals surface area contributed by atoms with Crippen molar-refractivity contribution in [1.29, 1.82) is 0 Å². The van der Waals surface area contributed by atoms with Crippen molar-refractivity contribution < 1.29 is 9.47 Å². The molecule has 0 radical (unpaired) electrons. The molecule has 1 atom stereocenters. The predicted octanol–water partition coefficient (Wildman–Crippen LogP) is 3.04. The molecule has 0 bridgehead atoms. The molecule has 2 N–H and O–H groups in total. The minimum atomic E-state index is -0.0703. The Morgan fingerprint density at radius 2 is 2.05 bits per heavy atom. The van der Waals surface area contributed by atoms with Crippen LogP contribution in [0.5, 0.6) is 11.5 Å². The number of pyridine rings is 1. The Morgan fingerprint density at radius 1 is 1.21 bits per heavy atom. The van der Waals surface area contributed by atoms with Crippen molar-refractivity contribution in [3.63, 3.8) is 0 Å². The molecule has 2 aromatic rings. The Bertz CT molecular complexity index is 524. The molecule has 2 rings (SSSR count). The van der Waals surface area contributed by atoms with Crippen LogP contribution in [0.15, 0.2) is 42.6 Å². The summed E-state index contributed by atoms with van der Waals surface area (Å²) in [6.07, 6.45) is 1.68. The lowest BCUT2D eigenvalue weighted by Gasteiger charge is -2.09. The fourth-order valence-electron chi connectivity index (χ4n) is 1.72. The molecule has 1 unspecified atom stereocenters. The van der Waals surface area contributed by atoms with E-state index in [1.54, 1.807) is 13.3 Å². The van der Waals surface area contributed by atoms with E-state index in [1.165, 1.54) is 0 Å². The van der Waals surface area contributed by atoms with Crippen LogP contribution in [0.25, 0.3) is 0 Å². The van der Waals surface area contributed by atoms with Crippen molar-refractivity contribution in [2.75, 3.05) is 7.11 Å². The van der Waals surface area contributed by atoms with Gasteiger partial charge < -0.3 is 15.2 Å². The number of rotatable bonds is 5. The SMILES string of the molecule is COCc1cccc(Oc2ccc(C(C)N)nc2)c1. The average molecular weight is 258 g/mol. The zero-order valence-electron chi connectivity index (χ0n) is 11.2. The largest absolute Gasteiger partial charge is 0.456 e. The number of benzene rings is 1. The molecular formula is C15H18N2O2. The van der Waals surface area contributed by atoms with Gasteiger partial charge in [0.25, 0.3) is 0 Å². The van der Waals surface area contributed by atoms with Crippen molar-refractivity contribution in [3.8, 4) is 11.5 Å². The van der Waals surface area contributed by atoms with Crippen LogP contribution >= 0.6 is 0 Å². The van der Waals surface area contributed by atoms with E-state index < -0.39 is 0 Å². The number of nitrogens with two attached hydrogens (primary N) is 1. The molecule has 1 heterocycles. The number of methoxy groups -OCH3 is 1. The second kappa shape index (κ2) is 6.31. The van der Waals surface area contributed by atoms with Crippen LogP contribution in [-0.2, 0) is 11.3 Å². The Hall–Kier alpha value is -1.91. The highest BCUT2D eigenvalue weighted by atomic mass is 16.5. The van der Waals surface area contributed by atoms with Gasteiger partial charge in [0.1, 0.15) is 11.5 Å². The first kappa shape index (κ1) is 13.5. The molecule has 1 aromatic heterocycles. The van der Waals surface area contributed by atoms with Gasteiger partial charge in [-0.05, 0) is 36.8 Å². The van der Waals surface area contributed by atoms with E-state index in [1.807, 2.05) is 43.3 Å². The van der Waals surface area contributed by atoms with Crippen LogP contribution in [-0.4, -0.2) is 12.1 Å². The molecule has 0 aliphatic carbocycles. The van der Waals surface area contributed by atoms with E-state index in [0.29, 0.717) is 12.4 Å². The predicted molar refractivity (Wildman–Crippen MR) is 74.1 cm³/mol. The standard InChI is InChI=1S/C15H18N2O2/c1-11(16)15-7-6-14(9-17-15)19-13-5-3-4-12(8-13)10-18-2/h3-9,11H,10,16H2,1-2H3. The number of hydrogen-bond donors (Lipinski definition) is 1. The fraction of sp³-hybridized carbons (Fsp3) is 0.267. The Morgan fingerprint density at radius 3 is 2.68 bits per heavy atom. The summed E-state index contributed by atoms with van der Waals surface area (Å²) in [5.74, 6) is 1.46. The van der Waals surface area contributed by atoms with Gasteiger partial charge in [0.2, 0.25) is 0 Å². The van der Waals surface area contributed by atoms with Crippen LogP contribution < -0.4 is 10.5 Å². The monoisotopic (exact) mass is 258 g/mol. The van der Waals surface area contributed by atoms with Crippen molar-refractivity contribution >= 4 is 0 Å².